The summed E-state index contributed by atoms with van der Waals surface area (Å²) in [6.07, 6.45) is 0. The average Bonchev–Trinajstić information content (AvgIpc) is 2.33. The van der Waals surface area contributed by atoms with E-state index in [1.807, 2.05) is 24.0 Å². The molecule has 1 heterocycles. The van der Waals surface area contributed by atoms with Crippen molar-refractivity contribution in [3.8, 4) is 0 Å². The summed E-state index contributed by atoms with van der Waals surface area (Å²) >= 11 is 3.41. The number of likely N-dealkylation sites (N-methyl/N-ethyl adjacent to an activating group) is 1. The zero-order valence-corrected chi connectivity index (χ0v) is 13.2. The van der Waals surface area contributed by atoms with E-state index in [9.17, 15) is 4.79 Å². The van der Waals surface area contributed by atoms with Crippen molar-refractivity contribution in [3.63, 3.8) is 0 Å². The molecule has 1 unspecified atom stereocenters. The number of rotatable bonds is 1. The molecule has 2 N–H and O–H groups in total. The number of carbonyl (C=O) groups is 1. The third-order valence-electron chi connectivity index (χ3n) is 3.73. The third-order valence-corrected chi connectivity index (χ3v) is 4.19. The van der Waals surface area contributed by atoms with Crippen LogP contribution in [0.1, 0.15) is 22.8 Å². The van der Waals surface area contributed by atoms with Gasteiger partial charge in [-0.15, -0.1) is 0 Å². The van der Waals surface area contributed by atoms with Gasteiger partial charge in [0, 0.05) is 41.4 Å². The lowest BCUT2D eigenvalue weighted by Crippen LogP contribution is -2.52. The summed E-state index contributed by atoms with van der Waals surface area (Å²) in [6, 6.07) is 3.92. The minimum atomic E-state index is 0.0751. The van der Waals surface area contributed by atoms with E-state index < -0.39 is 0 Å². The van der Waals surface area contributed by atoms with Crippen LogP contribution in [0.3, 0.4) is 0 Å². The first-order valence-electron chi connectivity index (χ1n) is 6.45. The van der Waals surface area contributed by atoms with Gasteiger partial charge >= 0.3 is 0 Å². The van der Waals surface area contributed by atoms with Gasteiger partial charge in [0.05, 0.1) is 0 Å². The normalized spacial score (nSPS) is 20.6. The first kappa shape index (κ1) is 14.3. The van der Waals surface area contributed by atoms with Crippen LogP contribution >= 0.6 is 15.9 Å². The lowest BCUT2D eigenvalue weighted by Gasteiger charge is -2.38. The number of hydrogen-bond donors (Lipinski definition) is 1. The topological polar surface area (TPSA) is 49.6 Å². The molecule has 1 aromatic carbocycles. The minimum absolute atomic E-state index is 0.0751. The molecule has 1 saturated heterocycles. The van der Waals surface area contributed by atoms with E-state index in [4.69, 9.17) is 5.73 Å². The number of benzene rings is 1. The van der Waals surface area contributed by atoms with Crippen LogP contribution in [0.2, 0.25) is 0 Å². The molecule has 2 rings (SSSR count). The van der Waals surface area contributed by atoms with Gasteiger partial charge in [0.2, 0.25) is 0 Å². The van der Waals surface area contributed by atoms with Gasteiger partial charge in [0.1, 0.15) is 0 Å². The van der Waals surface area contributed by atoms with Gasteiger partial charge in [0.15, 0.2) is 0 Å². The number of nitrogen functional groups attached to an aromatic ring is 1. The van der Waals surface area contributed by atoms with Crippen LogP contribution in [0.4, 0.5) is 5.69 Å². The fourth-order valence-electron chi connectivity index (χ4n) is 2.52. The second kappa shape index (κ2) is 5.51. The molecule has 0 radical (unpaired) electrons. The van der Waals surface area contributed by atoms with Crippen molar-refractivity contribution >= 4 is 27.5 Å². The molecule has 4 nitrogen and oxygen atoms in total. The van der Waals surface area contributed by atoms with E-state index in [1.165, 1.54) is 0 Å². The van der Waals surface area contributed by atoms with Gasteiger partial charge in [-0.2, -0.15) is 0 Å². The summed E-state index contributed by atoms with van der Waals surface area (Å²) in [6.45, 7) is 6.58. The Kier molecular flexibility index (Phi) is 4.16. The molecule has 19 heavy (non-hydrogen) atoms. The molecule has 104 valence electrons. The number of hydrogen-bond acceptors (Lipinski definition) is 3. The van der Waals surface area contributed by atoms with Crippen LogP contribution in [-0.2, 0) is 0 Å². The molecule has 0 aliphatic carbocycles. The van der Waals surface area contributed by atoms with Gasteiger partial charge in [-0.3, -0.25) is 4.79 Å². The maximum atomic E-state index is 12.7. The number of halogens is 1. The van der Waals surface area contributed by atoms with Crippen molar-refractivity contribution in [2.24, 2.45) is 0 Å². The maximum absolute atomic E-state index is 12.7. The molecule has 0 saturated carbocycles. The summed E-state index contributed by atoms with van der Waals surface area (Å²) in [5.41, 5.74) is 8.15. The highest BCUT2D eigenvalue weighted by Crippen LogP contribution is 2.25. The minimum Gasteiger partial charge on any atom is -0.398 e. The summed E-state index contributed by atoms with van der Waals surface area (Å²) in [4.78, 5) is 16.9. The van der Waals surface area contributed by atoms with E-state index >= 15 is 0 Å². The Hall–Kier alpha value is -1.07. The predicted octanol–water partition coefficient (Wildman–Crippen LogP) is 2.12. The highest BCUT2D eigenvalue weighted by atomic mass is 79.9. The SMILES string of the molecule is Cc1c(N)cc(Br)cc1C(=O)N1CCN(C)CC1C. The van der Waals surface area contributed by atoms with Gasteiger partial charge < -0.3 is 15.5 Å². The van der Waals surface area contributed by atoms with Gasteiger partial charge in [-0.1, -0.05) is 15.9 Å². The van der Waals surface area contributed by atoms with Crippen LogP contribution in [0.25, 0.3) is 0 Å². The zero-order valence-electron chi connectivity index (χ0n) is 11.6. The zero-order chi connectivity index (χ0) is 14.2. The molecule has 1 aliphatic rings. The second-order valence-corrected chi connectivity index (χ2v) is 6.19. The van der Waals surface area contributed by atoms with Crippen LogP contribution in [0.15, 0.2) is 16.6 Å². The lowest BCUT2D eigenvalue weighted by atomic mass is 10.0. The Bertz CT molecular complexity index is 504. The number of nitrogens with two attached hydrogens (primary N) is 1. The molecule has 0 spiro atoms. The molecule has 0 bridgehead atoms. The Balaban J connectivity index is 2.29. The fraction of sp³-hybridized carbons (Fsp3) is 0.500. The van der Waals surface area contributed by atoms with E-state index in [0.29, 0.717) is 11.3 Å². The van der Waals surface area contributed by atoms with Crippen molar-refractivity contribution < 1.29 is 4.79 Å². The average molecular weight is 326 g/mol. The first-order valence-corrected chi connectivity index (χ1v) is 7.24. The van der Waals surface area contributed by atoms with Crippen LogP contribution in [-0.4, -0.2) is 48.4 Å². The van der Waals surface area contributed by atoms with Crippen molar-refractivity contribution in [2.75, 3.05) is 32.4 Å². The third kappa shape index (κ3) is 2.92. The molecule has 1 atom stereocenters. The van der Waals surface area contributed by atoms with Crippen LogP contribution in [0, 0.1) is 6.92 Å². The van der Waals surface area contributed by atoms with Gasteiger partial charge in [-0.25, -0.2) is 0 Å². The number of anilines is 1. The molecule has 5 heteroatoms. The van der Waals surface area contributed by atoms with Crippen molar-refractivity contribution in [1.29, 1.82) is 0 Å². The van der Waals surface area contributed by atoms with Crippen LogP contribution < -0.4 is 5.73 Å². The maximum Gasteiger partial charge on any atom is 0.254 e. The monoisotopic (exact) mass is 325 g/mol. The largest absolute Gasteiger partial charge is 0.398 e. The van der Waals surface area contributed by atoms with E-state index in [0.717, 1.165) is 29.7 Å². The van der Waals surface area contributed by atoms with Crippen LogP contribution in [0.5, 0.6) is 0 Å². The predicted molar refractivity (Wildman–Crippen MR) is 81.3 cm³/mol. The first-order chi connectivity index (χ1) is 8.90. The molecule has 1 aliphatic heterocycles. The van der Waals surface area contributed by atoms with E-state index in [-0.39, 0.29) is 11.9 Å². The Labute approximate surface area is 122 Å². The molecule has 1 aromatic rings. The smallest absolute Gasteiger partial charge is 0.254 e. The Morgan fingerprint density at radius 1 is 1.42 bits per heavy atom. The summed E-state index contributed by atoms with van der Waals surface area (Å²) in [5, 5.41) is 0. The molecule has 1 amide bonds. The number of carbonyl (C=O) groups excluding carboxylic acids is 1. The lowest BCUT2D eigenvalue weighted by molar-refractivity contribution is 0.0533. The molecular formula is C14H20BrN3O. The van der Waals surface area contributed by atoms with E-state index in [1.54, 1.807) is 0 Å². The van der Waals surface area contributed by atoms with Crippen molar-refractivity contribution in [1.82, 2.24) is 9.80 Å². The fourth-order valence-corrected chi connectivity index (χ4v) is 2.99. The van der Waals surface area contributed by atoms with Gasteiger partial charge in [-0.05, 0) is 38.6 Å². The molecule has 1 fully saturated rings. The quantitative estimate of drug-likeness (QED) is 0.804. The molecule has 0 aromatic heterocycles. The Morgan fingerprint density at radius 2 is 2.11 bits per heavy atom. The van der Waals surface area contributed by atoms with Crippen molar-refractivity contribution in [2.45, 2.75) is 19.9 Å². The highest BCUT2D eigenvalue weighted by Gasteiger charge is 2.27. The second-order valence-electron chi connectivity index (χ2n) is 5.28. The van der Waals surface area contributed by atoms with E-state index in [2.05, 4.69) is 34.8 Å². The Morgan fingerprint density at radius 3 is 2.74 bits per heavy atom. The van der Waals surface area contributed by atoms with Crippen molar-refractivity contribution in [3.05, 3.63) is 27.7 Å². The number of piperazine rings is 1. The summed E-state index contributed by atoms with van der Waals surface area (Å²) in [5.74, 6) is 0.0751. The summed E-state index contributed by atoms with van der Waals surface area (Å²) < 4.78 is 0.848. The summed E-state index contributed by atoms with van der Waals surface area (Å²) in [7, 11) is 2.08. The standard InChI is InChI=1S/C14H20BrN3O/c1-9-8-17(3)4-5-18(9)14(19)12-6-11(15)7-13(16)10(12)2/h6-7,9H,4-5,8,16H2,1-3H3. The highest BCUT2D eigenvalue weighted by molar-refractivity contribution is 9.10. The van der Waals surface area contributed by atoms with Gasteiger partial charge in [0.25, 0.3) is 5.91 Å². The molecular weight excluding hydrogens is 306 g/mol. The number of nitrogens with zero attached hydrogens (tertiary/aromatic N) is 2. The number of amides is 1.